The van der Waals surface area contributed by atoms with Crippen molar-refractivity contribution in [2.24, 2.45) is 14.1 Å². The third-order valence-electron chi connectivity index (χ3n) is 2.22. The van der Waals surface area contributed by atoms with E-state index >= 15 is 0 Å². The Labute approximate surface area is 83.2 Å². The molecule has 2 aromatic rings. The Bertz CT molecular complexity index is 420. The molecule has 0 saturated heterocycles. The second-order valence-corrected chi connectivity index (χ2v) is 3.65. The Morgan fingerprint density at radius 2 is 1.86 bits per heavy atom. The lowest BCUT2D eigenvalue weighted by Gasteiger charge is -1.97. The van der Waals surface area contributed by atoms with Crippen molar-refractivity contribution in [3.63, 3.8) is 0 Å². The molecule has 0 aromatic carbocycles. The summed E-state index contributed by atoms with van der Waals surface area (Å²) < 4.78 is 3.82. The Hall–Kier alpha value is -1.58. The average molecular weight is 190 g/mol. The van der Waals surface area contributed by atoms with Gasteiger partial charge in [-0.1, -0.05) is 0 Å². The summed E-state index contributed by atoms with van der Waals surface area (Å²) in [6.07, 6.45) is 4.00. The fourth-order valence-corrected chi connectivity index (χ4v) is 1.66. The van der Waals surface area contributed by atoms with Crippen LogP contribution in [0.5, 0.6) is 0 Å². The van der Waals surface area contributed by atoms with E-state index in [0.717, 1.165) is 22.8 Å². The first-order valence-corrected chi connectivity index (χ1v) is 4.58. The number of hydrogen-bond donors (Lipinski definition) is 0. The second kappa shape index (κ2) is 2.97. The van der Waals surface area contributed by atoms with Crippen molar-refractivity contribution in [2.75, 3.05) is 0 Å². The van der Waals surface area contributed by atoms with Crippen molar-refractivity contribution < 1.29 is 0 Å². The van der Waals surface area contributed by atoms with E-state index in [1.165, 1.54) is 0 Å². The topological polar surface area (TPSA) is 35.6 Å². The molecule has 4 heteroatoms. The molecule has 74 valence electrons. The summed E-state index contributed by atoms with van der Waals surface area (Å²) in [5, 5.41) is 4.39. The molecule has 0 bridgehead atoms. The van der Waals surface area contributed by atoms with Crippen molar-refractivity contribution >= 4 is 0 Å². The molecule has 0 spiro atoms. The van der Waals surface area contributed by atoms with Crippen LogP contribution in [0.3, 0.4) is 0 Å². The molecular formula is C10H14N4. The minimum Gasteiger partial charge on any atom is -0.332 e. The monoisotopic (exact) mass is 190 g/mol. The summed E-state index contributed by atoms with van der Waals surface area (Å²) in [6.45, 7) is 4.04. The molecule has 0 amide bonds. The zero-order valence-electron chi connectivity index (χ0n) is 8.94. The van der Waals surface area contributed by atoms with Crippen LogP contribution in [0.1, 0.15) is 11.3 Å². The summed E-state index contributed by atoms with van der Waals surface area (Å²) in [7, 11) is 3.91. The molecular weight excluding hydrogens is 176 g/mol. The van der Waals surface area contributed by atoms with Gasteiger partial charge in [0.05, 0.1) is 5.69 Å². The van der Waals surface area contributed by atoms with E-state index in [-0.39, 0.29) is 0 Å². The fraction of sp³-hybridized carbons (Fsp3) is 0.400. The molecule has 0 atom stereocenters. The molecule has 0 aliphatic carbocycles. The van der Waals surface area contributed by atoms with Crippen molar-refractivity contribution in [3.8, 4) is 11.5 Å². The van der Waals surface area contributed by atoms with Crippen LogP contribution in [0.25, 0.3) is 11.5 Å². The minimum absolute atomic E-state index is 0.931. The first kappa shape index (κ1) is 8.99. The summed E-state index contributed by atoms with van der Waals surface area (Å²) in [5.41, 5.74) is 3.14. The largest absolute Gasteiger partial charge is 0.332 e. The molecule has 14 heavy (non-hydrogen) atoms. The van der Waals surface area contributed by atoms with E-state index in [4.69, 9.17) is 0 Å². The predicted octanol–water partition coefficient (Wildman–Crippen LogP) is 1.44. The Balaban J connectivity index is 2.59. The molecule has 4 nitrogen and oxygen atoms in total. The average Bonchev–Trinajstić information content (AvgIpc) is 2.55. The van der Waals surface area contributed by atoms with E-state index in [2.05, 4.69) is 10.1 Å². The molecule has 0 aliphatic rings. The molecule has 0 unspecified atom stereocenters. The van der Waals surface area contributed by atoms with E-state index in [0.29, 0.717) is 0 Å². The highest BCUT2D eigenvalue weighted by Crippen LogP contribution is 2.19. The van der Waals surface area contributed by atoms with Crippen molar-refractivity contribution in [1.29, 1.82) is 0 Å². The van der Waals surface area contributed by atoms with Gasteiger partial charge in [0.2, 0.25) is 0 Å². The Morgan fingerprint density at radius 1 is 1.14 bits per heavy atom. The highest BCUT2D eigenvalue weighted by molar-refractivity contribution is 5.54. The molecule has 0 N–H and O–H groups in total. The van der Waals surface area contributed by atoms with Crippen molar-refractivity contribution in [2.45, 2.75) is 13.8 Å². The zero-order valence-corrected chi connectivity index (χ0v) is 8.94. The first-order chi connectivity index (χ1) is 6.58. The predicted molar refractivity (Wildman–Crippen MR) is 54.9 cm³/mol. The summed E-state index contributed by atoms with van der Waals surface area (Å²) >= 11 is 0. The van der Waals surface area contributed by atoms with E-state index < -0.39 is 0 Å². The number of nitrogens with zero attached hydrogens (tertiary/aromatic N) is 4. The molecule has 2 rings (SSSR count). The second-order valence-electron chi connectivity index (χ2n) is 3.65. The van der Waals surface area contributed by atoms with Gasteiger partial charge in [0, 0.05) is 26.5 Å². The van der Waals surface area contributed by atoms with Crippen LogP contribution in [0.4, 0.5) is 0 Å². The maximum atomic E-state index is 4.44. The van der Waals surface area contributed by atoms with Gasteiger partial charge in [-0.15, -0.1) is 0 Å². The van der Waals surface area contributed by atoms with Gasteiger partial charge in [0.15, 0.2) is 5.82 Å². The van der Waals surface area contributed by atoms with Crippen LogP contribution >= 0.6 is 0 Å². The van der Waals surface area contributed by atoms with Crippen LogP contribution < -0.4 is 0 Å². The van der Waals surface area contributed by atoms with Crippen LogP contribution in [0, 0.1) is 13.8 Å². The molecule has 0 radical (unpaired) electrons. The summed E-state index contributed by atoms with van der Waals surface area (Å²) in [5.74, 6) is 0.931. The van der Waals surface area contributed by atoms with E-state index in [9.17, 15) is 0 Å². The third-order valence-corrected chi connectivity index (χ3v) is 2.22. The van der Waals surface area contributed by atoms with E-state index in [1.807, 2.05) is 49.6 Å². The van der Waals surface area contributed by atoms with E-state index in [1.54, 1.807) is 0 Å². The summed E-state index contributed by atoms with van der Waals surface area (Å²) in [4.78, 5) is 4.44. The number of hydrogen-bond acceptors (Lipinski definition) is 2. The lowest BCUT2D eigenvalue weighted by molar-refractivity contribution is 0.765. The summed E-state index contributed by atoms with van der Waals surface area (Å²) in [6, 6.07) is 0. The lowest BCUT2D eigenvalue weighted by atomic mass is 10.3. The number of imidazole rings is 1. The highest BCUT2D eigenvalue weighted by atomic mass is 15.3. The van der Waals surface area contributed by atoms with Crippen molar-refractivity contribution in [1.82, 2.24) is 19.3 Å². The lowest BCUT2D eigenvalue weighted by Crippen LogP contribution is -1.94. The van der Waals surface area contributed by atoms with Gasteiger partial charge in [0.1, 0.15) is 5.69 Å². The molecule has 0 saturated carbocycles. The quantitative estimate of drug-likeness (QED) is 0.682. The minimum atomic E-state index is 0.931. The number of aryl methyl sites for hydroxylation is 4. The van der Waals surface area contributed by atoms with Gasteiger partial charge in [-0.25, -0.2) is 4.98 Å². The van der Waals surface area contributed by atoms with Crippen LogP contribution in [0.2, 0.25) is 0 Å². The maximum Gasteiger partial charge on any atom is 0.160 e. The molecule has 2 heterocycles. The zero-order chi connectivity index (χ0) is 10.3. The van der Waals surface area contributed by atoms with Gasteiger partial charge >= 0.3 is 0 Å². The van der Waals surface area contributed by atoms with Gasteiger partial charge in [-0.3, -0.25) is 4.68 Å². The number of rotatable bonds is 1. The first-order valence-electron chi connectivity index (χ1n) is 4.58. The Kier molecular flexibility index (Phi) is 1.91. The normalized spacial score (nSPS) is 10.9. The SMILES string of the molecule is Cc1cn(C)c(-c2nn(C)cc2C)n1. The van der Waals surface area contributed by atoms with Crippen LogP contribution in [0.15, 0.2) is 12.4 Å². The number of aromatic nitrogens is 4. The maximum absolute atomic E-state index is 4.44. The van der Waals surface area contributed by atoms with Gasteiger partial charge in [0.25, 0.3) is 0 Å². The molecule has 2 aromatic heterocycles. The van der Waals surface area contributed by atoms with Crippen LogP contribution in [-0.2, 0) is 14.1 Å². The standard InChI is InChI=1S/C10H14N4/c1-7-5-14(4)12-9(7)10-11-8(2)6-13(10)3/h5-6H,1-4H3. The van der Waals surface area contributed by atoms with Gasteiger partial charge in [-0.2, -0.15) is 5.10 Å². The molecule has 0 fully saturated rings. The fourth-order valence-electron chi connectivity index (χ4n) is 1.66. The highest BCUT2D eigenvalue weighted by Gasteiger charge is 2.11. The van der Waals surface area contributed by atoms with Crippen molar-refractivity contribution in [3.05, 3.63) is 23.7 Å². The molecule has 0 aliphatic heterocycles. The van der Waals surface area contributed by atoms with Gasteiger partial charge in [-0.05, 0) is 19.4 Å². The Morgan fingerprint density at radius 3 is 2.29 bits per heavy atom. The third kappa shape index (κ3) is 1.32. The smallest absolute Gasteiger partial charge is 0.160 e. The van der Waals surface area contributed by atoms with Crippen LogP contribution in [-0.4, -0.2) is 19.3 Å². The van der Waals surface area contributed by atoms with Gasteiger partial charge < -0.3 is 4.57 Å².